The number of aromatic nitrogens is 4. The van der Waals surface area contributed by atoms with E-state index < -0.39 is 0 Å². The van der Waals surface area contributed by atoms with Gasteiger partial charge in [0.15, 0.2) is 5.78 Å². The summed E-state index contributed by atoms with van der Waals surface area (Å²) in [4.78, 5) is 13.9. The Balaban J connectivity index is 0.000000231. The Kier molecular flexibility index (Phi) is 5.86. The largest absolute Gasteiger partial charge is 0.293 e. The van der Waals surface area contributed by atoms with Crippen LogP contribution in [0, 0.1) is 0 Å². The first-order chi connectivity index (χ1) is 9.84. The number of hydrogen-bond donors (Lipinski definition) is 1. The van der Waals surface area contributed by atoms with Crippen molar-refractivity contribution in [1.82, 2.24) is 20.6 Å². The number of rotatable bonds is 0. The molecule has 104 valence electrons. The van der Waals surface area contributed by atoms with E-state index in [0.717, 1.165) is 11.3 Å². The third kappa shape index (κ3) is 3.88. The van der Waals surface area contributed by atoms with Crippen molar-refractivity contribution in [2.75, 3.05) is 0 Å². The molecule has 0 unspecified atom stereocenters. The molecule has 2 aromatic rings. The Morgan fingerprint density at radius 1 is 1.24 bits per heavy atom. The van der Waals surface area contributed by atoms with Crippen LogP contribution in [0.1, 0.15) is 12.0 Å². The van der Waals surface area contributed by atoms with Gasteiger partial charge in [0.05, 0.1) is 4.91 Å². The van der Waals surface area contributed by atoms with Gasteiger partial charge in [-0.15, -0.1) is 5.10 Å². The van der Waals surface area contributed by atoms with Crippen molar-refractivity contribution in [3.05, 3.63) is 58.8 Å². The van der Waals surface area contributed by atoms with Gasteiger partial charge in [0.1, 0.15) is 6.33 Å². The molecule has 0 spiro atoms. The van der Waals surface area contributed by atoms with Gasteiger partial charge in [0.2, 0.25) is 0 Å². The fraction of sp³-hybridized carbons (Fsp3) is 0.143. The second kappa shape index (κ2) is 7.64. The normalized spacial score (nSPS) is 15.3. The number of nitrogens with zero attached hydrogens (tertiary/aromatic N) is 3. The van der Waals surface area contributed by atoms with Crippen LogP contribution in [0.25, 0.3) is 0 Å². The maximum absolute atomic E-state index is 11.7. The molecular weight excluding hydrogens is 479 g/mol. The summed E-state index contributed by atoms with van der Waals surface area (Å²) in [6.07, 6.45) is 6.93. The smallest absolute Gasteiger partial charge is 0.173 e. The summed E-state index contributed by atoms with van der Waals surface area (Å²) in [6, 6.07) is 8.31. The second-order valence-electron chi connectivity index (χ2n) is 4.33. The Labute approximate surface area is 146 Å². The van der Waals surface area contributed by atoms with Gasteiger partial charge in [-0.05, 0) is 34.1 Å². The van der Waals surface area contributed by atoms with Crippen molar-refractivity contribution in [3.8, 4) is 0 Å². The van der Waals surface area contributed by atoms with Crippen molar-refractivity contribution in [2.24, 2.45) is 0 Å². The van der Waals surface area contributed by atoms with Gasteiger partial charge < -0.3 is 0 Å². The van der Waals surface area contributed by atoms with Gasteiger partial charge in [0, 0.05) is 38.6 Å². The third-order valence-corrected chi connectivity index (χ3v) is 4.31. The number of aromatic amines is 1. The van der Waals surface area contributed by atoms with Gasteiger partial charge in [-0.25, -0.2) is 5.10 Å². The van der Waals surface area contributed by atoms with Crippen molar-refractivity contribution in [1.29, 1.82) is 0 Å². The molecule has 1 N–H and O–H groups in total. The molecule has 2 aliphatic rings. The number of benzene rings is 1. The van der Waals surface area contributed by atoms with Crippen LogP contribution in [0.4, 0.5) is 0 Å². The number of hydrogen-bond acceptors (Lipinski definition) is 5. The first-order valence-corrected chi connectivity index (χ1v) is 7.02. The molecule has 1 aromatic carbocycles. The van der Waals surface area contributed by atoms with Crippen LogP contribution in [-0.2, 0) is 11.2 Å². The zero-order valence-electron chi connectivity index (χ0n) is 11.1. The minimum atomic E-state index is 0. The molecule has 21 heavy (non-hydrogen) atoms. The number of Topliss-reactive ketones (excluding diaryl/α,β-unsaturated/α-hetero) is 1. The van der Waals surface area contributed by atoms with Crippen molar-refractivity contribution in [3.63, 3.8) is 0 Å². The number of carbonyl (C=O) groups is 1. The minimum Gasteiger partial charge on any atom is -0.293 e. The van der Waals surface area contributed by atoms with Crippen LogP contribution in [0.15, 0.2) is 58.1 Å². The van der Waals surface area contributed by atoms with Gasteiger partial charge in [-0.1, -0.05) is 42.1 Å². The van der Waals surface area contributed by atoms with E-state index in [0.29, 0.717) is 6.42 Å². The van der Waals surface area contributed by atoms with Crippen molar-refractivity contribution >= 4 is 44.8 Å². The summed E-state index contributed by atoms with van der Waals surface area (Å²) in [5.74, 6) is 0.270. The van der Waals surface area contributed by atoms with Crippen LogP contribution < -0.4 is 0 Å². The molecule has 0 fully saturated rings. The molecule has 0 bridgehead atoms. The quantitative estimate of drug-likeness (QED) is 0.571. The molecule has 7 heteroatoms. The predicted molar refractivity (Wildman–Crippen MR) is 81.7 cm³/mol. The molecule has 4 radical (unpaired) electrons. The average Bonchev–Trinajstić information content (AvgIpc) is 3.05. The number of H-pyrrole nitrogens is 1. The van der Waals surface area contributed by atoms with Crippen LogP contribution in [0.2, 0.25) is 0 Å². The topological polar surface area (TPSA) is 71.5 Å². The van der Waals surface area contributed by atoms with E-state index in [4.69, 9.17) is 0 Å². The molecule has 1 aliphatic heterocycles. The van der Waals surface area contributed by atoms with Gasteiger partial charge in [0.25, 0.3) is 0 Å². The van der Waals surface area contributed by atoms with E-state index in [1.165, 1.54) is 22.4 Å². The zero-order chi connectivity index (χ0) is 13.8. The first-order valence-electron chi connectivity index (χ1n) is 6.20. The fourth-order valence-electron chi connectivity index (χ4n) is 2.11. The summed E-state index contributed by atoms with van der Waals surface area (Å²) >= 11 is 1.63. The molecule has 0 atom stereocenters. The van der Waals surface area contributed by atoms with E-state index in [2.05, 4.69) is 44.9 Å². The molecular formula is C14H12N4OPbS. The van der Waals surface area contributed by atoms with Gasteiger partial charge >= 0.3 is 0 Å². The number of ketones is 1. The van der Waals surface area contributed by atoms with Gasteiger partial charge in [-0.3, -0.25) is 4.79 Å². The van der Waals surface area contributed by atoms with Crippen LogP contribution in [0.5, 0.6) is 0 Å². The molecule has 1 aromatic heterocycles. The molecule has 0 saturated heterocycles. The zero-order valence-corrected chi connectivity index (χ0v) is 15.8. The summed E-state index contributed by atoms with van der Waals surface area (Å²) < 4.78 is 0. The Morgan fingerprint density at radius 2 is 2.10 bits per heavy atom. The molecule has 4 rings (SSSR count). The van der Waals surface area contributed by atoms with Crippen LogP contribution in [0.3, 0.4) is 0 Å². The monoisotopic (exact) mass is 492 g/mol. The van der Waals surface area contributed by atoms with E-state index in [1.54, 1.807) is 11.8 Å². The molecule has 5 nitrogen and oxygen atoms in total. The SMILES string of the molecule is O=C1CC=CC2=C1Sc1ccccc1C2.[Pb].c1nnn[nH]1. The van der Waals surface area contributed by atoms with E-state index >= 15 is 0 Å². The predicted octanol–water partition coefficient (Wildman–Crippen LogP) is 1.94. The Morgan fingerprint density at radius 3 is 2.81 bits per heavy atom. The van der Waals surface area contributed by atoms with E-state index in [1.807, 2.05) is 12.1 Å². The number of tetrazole rings is 1. The fourth-order valence-corrected chi connectivity index (χ4v) is 3.22. The molecule has 0 amide bonds. The summed E-state index contributed by atoms with van der Waals surface area (Å²) in [7, 11) is 0. The number of thioether (sulfide) groups is 1. The number of nitrogens with one attached hydrogen (secondary N) is 1. The average molecular weight is 492 g/mol. The van der Waals surface area contributed by atoms with Crippen molar-refractivity contribution < 1.29 is 4.79 Å². The molecule has 2 heterocycles. The maximum Gasteiger partial charge on any atom is 0.173 e. The van der Waals surface area contributed by atoms with Crippen LogP contribution in [-0.4, -0.2) is 53.7 Å². The summed E-state index contributed by atoms with van der Waals surface area (Å²) in [5.41, 5.74) is 2.52. The number of fused-ring (bicyclic) bond motifs is 1. The Hall–Kier alpha value is -1.29. The summed E-state index contributed by atoms with van der Waals surface area (Å²) in [5, 5.41) is 12.1. The van der Waals surface area contributed by atoms with Crippen LogP contribution >= 0.6 is 11.8 Å². The number of allylic oxidation sites excluding steroid dienone is 4. The first kappa shape index (κ1) is 16.1. The molecule has 1 aliphatic carbocycles. The standard InChI is InChI=1S/C13H10OS.CH2N4.Pb/c14-11-6-3-5-10-8-9-4-1-2-7-12(9)15-13(10)11;1-2-4-5-3-1;/h1-5,7H,6,8H2;1H,(H,2,3,4,5);. The van der Waals surface area contributed by atoms with Gasteiger partial charge in [-0.2, -0.15) is 0 Å². The third-order valence-electron chi connectivity index (χ3n) is 3.00. The number of carbonyl (C=O) groups excluding carboxylic acids is 1. The Bertz CT molecular complexity index is 665. The van der Waals surface area contributed by atoms with E-state index in [9.17, 15) is 4.79 Å². The minimum absolute atomic E-state index is 0. The van der Waals surface area contributed by atoms with E-state index in [-0.39, 0.29) is 33.1 Å². The summed E-state index contributed by atoms with van der Waals surface area (Å²) in [6.45, 7) is 0. The van der Waals surface area contributed by atoms with Crippen molar-refractivity contribution in [2.45, 2.75) is 17.7 Å². The second-order valence-corrected chi connectivity index (χ2v) is 5.39. The molecule has 0 saturated carbocycles. The maximum atomic E-state index is 11.7.